The van der Waals surface area contributed by atoms with Gasteiger partial charge in [0.1, 0.15) is 16.8 Å². The number of hydrogen-bond acceptors (Lipinski definition) is 8. The van der Waals surface area contributed by atoms with Crippen LogP contribution in [0, 0.1) is 11.3 Å². The Morgan fingerprint density at radius 2 is 1.97 bits per heavy atom. The van der Waals surface area contributed by atoms with Crippen molar-refractivity contribution in [2.75, 3.05) is 12.9 Å². The Kier molecular flexibility index (Phi) is 6.07. The van der Waals surface area contributed by atoms with E-state index in [1.54, 1.807) is 23.6 Å². The first-order valence-corrected chi connectivity index (χ1v) is 11.7. The molecule has 0 spiro atoms. The Labute approximate surface area is 189 Å². The monoisotopic (exact) mass is 448 g/mol. The highest BCUT2D eigenvalue weighted by Crippen LogP contribution is 2.47. The number of nitrogens with zero attached hydrogens (tertiary/aromatic N) is 3. The number of allylic oxidation sites excluding steroid dienone is 1. The molecule has 1 atom stereocenters. The van der Waals surface area contributed by atoms with Crippen molar-refractivity contribution in [1.29, 1.82) is 5.26 Å². The molecule has 6 nitrogen and oxygen atoms in total. The van der Waals surface area contributed by atoms with Gasteiger partial charge in [0.05, 0.1) is 23.9 Å². The zero-order valence-electron chi connectivity index (χ0n) is 17.0. The molecule has 2 aliphatic rings. The van der Waals surface area contributed by atoms with Crippen LogP contribution >= 0.6 is 23.5 Å². The van der Waals surface area contributed by atoms with Crippen molar-refractivity contribution in [3.05, 3.63) is 82.0 Å². The van der Waals surface area contributed by atoms with Gasteiger partial charge in [-0.25, -0.2) is 9.79 Å². The van der Waals surface area contributed by atoms with Crippen LogP contribution in [0.1, 0.15) is 24.1 Å². The number of nitrogens with two attached hydrogens (primary N) is 1. The van der Waals surface area contributed by atoms with E-state index in [1.807, 2.05) is 60.9 Å². The van der Waals surface area contributed by atoms with Gasteiger partial charge in [0.25, 0.3) is 0 Å². The van der Waals surface area contributed by atoms with Crippen molar-refractivity contribution in [3.8, 4) is 6.07 Å². The number of fused-ring (bicyclic) bond motifs is 1. The van der Waals surface area contributed by atoms with Crippen molar-refractivity contribution < 1.29 is 9.53 Å². The zero-order chi connectivity index (χ0) is 22.0. The van der Waals surface area contributed by atoms with E-state index in [0.29, 0.717) is 27.2 Å². The molecule has 0 aliphatic carbocycles. The molecule has 0 saturated carbocycles. The summed E-state index contributed by atoms with van der Waals surface area (Å²) in [7, 11) is 0. The van der Waals surface area contributed by atoms with E-state index in [-0.39, 0.29) is 6.61 Å². The van der Waals surface area contributed by atoms with Gasteiger partial charge >= 0.3 is 5.97 Å². The highest BCUT2D eigenvalue weighted by atomic mass is 32.2. The summed E-state index contributed by atoms with van der Waals surface area (Å²) in [6.45, 7) is 2.01. The lowest BCUT2D eigenvalue weighted by atomic mass is 9.92. The predicted octanol–water partition coefficient (Wildman–Crippen LogP) is 4.49. The Morgan fingerprint density at radius 3 is 2.58 bits per heavy atom. The zero-order valence-corrected chi connectivity index (χ0v) is 18.7. The molecular formula is C23H20N4O2S2. The summed E-state index contributed by atoms with van der Waals surface area (Å²) in [6, 6.07) is 19.1. The minimum Gasteiger partial charge on any atom is -0.463 e. The fraction of sp³-hybridized carbons (Fsp3) is 0.174. The Bertz CT molecular complexity index is 1150. The van der Waals surface area contributed by atoms with E-state index < -0.39 is 12.0 Å². The van der Waals surface area contributed by atoms with Crippen LogP contribution in [0.4, 0.5) is 0 Å². The van der Waals surface area contributed by atoms with E-state index in [4.69, 9.17) is 15.5 Å². The molecular weight excluding hydrogens is 428 g/mol. The van der Waals surface area contributed by atoms with Gasteiger partial charge in [0, 0.05) is 10.5 Å². The van der Waals surface area contributed by atoms with Crippen molar-refractivity contribution >= 4 is 40.4 Å². The van der Waals surface area contributed by atoms with Gasteiger partial charge in [-0.05, 0) is 42.6 Å². The minimum absolute atomic E-state index is 0.239. The normalized spacial score (nSPS) is 17.9. The minimum atomic E-state index is -0.559. The molecule has 0 radical (unpaired) electrons. The number of ether oxygens (including phenoxy) is 1. The van der Waals surface area contributed by atoms with Crippen molar-refractivity contribution in [2.45, 2.75) is 17.9 Å². The molecule has 31 heavy (non-hydrogen) atoms. The molecule has 0 unspecified atom stereocenters. The number of nitriles is 1. The van der Waals surface area contributed by atoms with Gasteiger partial charge in [-0.15, -0.1) is 11.8 Å². The third-order valence-corrected chi connectivity index (χ3v) is 6.68. The predicted molar refractivity (Wildman–Crippen MR) is 125 cm³/mol. The summed E-state index contributed by atoms with van der Waals surface area (Å²) in [6.07, 6.45) is 2.01. The number of hydrogen-bond donors (Lipinski definition) is 1. The second kappa shape index (κ2) is 8.92. The van der Waals surface area contributed by atoms with Gasteiger partial charge in [0.2, 0.25) is 0 Å². The van der Waals surface area contributed by atoms with Crippen LogP contribution in [-0.4, -0.2) is 28.9 Å². The van der Waals surface area contributed by atoms with Crippen LogP contribution < -0.4 is 5.73 Å². The topological polar surface area (TPSA) is 91.7 Å². The molecule has 0 aromatic heterocycles. The molecule has 2 aromatic rings. The number of amidine groups is 1. The Hall–Kier alpha value is -3.15. The van der Waals surface area contributed by atoms with Crippen LogP contribution in [0.3, 0.4) is 0 Å². The van der Waals surface area contributed by atoms with E-state index >= 15 is 0 Å². The maximum atomic E-state index is 13.2. The first-order valence-electron chi connectivity index (χ1n) is 9.65. The molecule has 2 N–H and O–H groups in total. The third-order valence-electron chi connectivity index (χ3n) is 4.96. The standard InChI is InChI=1S/C23H20N4O2S2/c1-3-29-22(28)18-19(14-7-5-4-6-8-14)26-23-27(21(25)17(13-24)31-23)20(18)15-9-11-16(30-2)12-10-15/h4-12,20H,3,25H2,1-2H3/t20-/m1/s1. The number of benzene rings is 2. The van der Waals surface area contributed by atoms with E-state index in [2.05, 4.69) is 6.07 Å². The van der Waals surface area contributed by atoms with Crippen LogP contribution in [0.15, 0.2) is 80.8 Å². The highest BCUT2D eigenvalue weighted by Gasteiger charge is 2.43. The van der Waals surface area contributed by atoms with E-state index in [1.165, 1.54) is 11.8 Å². The van der Waals surface area contributed by atoms with E-state index in [9.17, 15) is 10.1 Å². The SMILES string of the molecule is CCOC(=O)C1=C(c2ccccc2)N=C2SC(C#N)=C(N)N2[C@@H]1c1ccc(SC)cc1. The number of carbonyl (C=O) groups excluding carboxylic acids is 1. The molecule has 0 bridgehead atoms. The fourth-order valence-corrected chi connectivity index (χ4v) is 4.84. The van der Waals surface area contributed by atoms with Crippen LogP contribution in [0.25, 0.3) is 5.70 Å². The van der Waals surface area contributed by atoms with Crippen LogP contribution in [0.5, 0.6) is 0 Å². The Balaban J connectivity index is 1.98. The summed E-state index contributed by atoms with van der Waals surface area (Å²) >= 11 is 2.85. The number of esters is 1. The summed E-state index contributed by atoms with van der Waals surface area (Å²) in [5.74, 6) is -0.162. The first-order chi connectivity index (χ1) is 15.1. The third kappa shape index (κ3) is 3.82. The molecule has 8 heteroatoms. The molecule has 0 saturated heterocycles. The van der Waals surface area contributed by atoms with Gasteiger partial charge in [-0.1, -0.05) is 42.5 Å². The van der Waals surface area contributed by atoms with Crippen molar-refractivity contribution in [2.24, 2.45) is 10.7 Å². The lowest BCUT2D eigenvalue weighted by molar-refractivity contribution is -0.139. The molecule has 0 amide bonds. The molecule has 0 fully saturated rings. The van der Waals surface area contributed by atoms with Gasteiger partial charge in [-0.3, -0.25) is 4.90 Å². The quantitative estimate of drug-likeness (QED) is 0.532. The lowest BCUT2D eigenvalue weighted by Gasteiger charge is -2.35. The molecule has 2 aromatic carbocycles. The number of carbonyl (C=O) groups is 1. The maximum absolute atomic E-state index is 13.2. The fourth-order valence-electron chi connectivity index (χ4n) is 3.56. The maximum Gasteiger partial charge on any atom is 0.338 e. The first kappa shape index (κ1) is 21.1. The van der Waals surface area contributed by atoms with Crippen LogP contribution in [0.2, 0.25) is 0 Å². The molecule has 2 aliphatic heterocycles. The molecule has 156 valence electrons. The average molecular weight is 449 g/mol. The van der Waals surface area contributed by atoms with Crippen molar-refractivity contribution in [1.82, 2.24) is 4.90 Å². The van der Waals surface area contributed by atoms with Crippen molar-refractivity contribution in [3.63, 3.8) is 0 Å². The average Bonchev–Trinajstić information content (AvgIpc) is 3.14. The summed E-state index contributed by atoms with van der Waals surface area (Å²) < 4.78 is 5.44. The largest absolute Gasteiger partial charge is 0.463 e. The highest BCUT2D eigenvalue weighted by molar-refractivity contribution is 8.17. The number of rotatable bonds is 5. The summed E-state index contributed by atoms with van der Waals surface area (Å²) in [5.41, 5.74) is 8.95. The lowest BCUT2D eigenvalue weighted by Crippen LogP contribution is -2.38. The molecule has 4 rings (SSSR count). The summed E-state index contributed by atoms with van der Waals surface area (Å²) in [4.78, 5) is 21.2. The Morgan fingerprint density at radius 1 is 1.26 bits per heavy atom. The van der Waals surface area contributed by atoms with E-state index in [0.717, 1.165) is 16.0 Å². The van der Waals surface area contributed by atoms with Crippen LogP contribution in [-0.2, 0) is 9.53 Å². The number of aliphatic imine (C=N–C) groups is 1. The van der Waals surface area contributed by atoms with Gasteiger partial charge in [-0.2, -0.15) is 5.26 Å². The number of thioether (sulfide) groups is 2. The smallest absolute Gasteiger partial charge is 0.338 e. The molecule has 2 heterocycles. The van der Waals surface area contributed by atoms with Gasteiger partial charge in [0.15, 0.2) is 5.17 Å². The second-order valence-electron chi connectivity index (χ2n) is 6.72. The summed E-state index contributed by atoms with van der Waals surface area (Å²) in [5, 5.41) is 10.1. The second-order valence-corrected chi connectivity index (χ2v) is 8.57. The van der Waals surface area contributed by atoms with Gasteiger partial charge < -0.3 is 10.5 Å².